The molecule has 2 rings (SSSR count). The van der Waals surface area contributed by atoms with Crippen LogP contribution < -0.4 is 16.4 Å². The Hall–Kier alpha value is -2.02. The Morgan fingerprint density at radius 2 is 2.28 bits per heavy atom. The first-order valence-corrected chi connectivity index (χ1v) is 5.56. The molecule has 4 N–H and O–H groups in total. The van der Waals surface area contributed by atoms with Crippen LogP contribution in [0.25, 0.3) is 0 Å². The average Bonchev–Trinajstić information content (AvgIpc) is 2.34. The second kappa shape index (κ2) is 5.09. The van der Waals surface area contributed by atoms with Crippen molar-refractivity contribution in [1.82, 2.24) is 10.3 Å². The van der Waals surface area contributed by atoms with Gasteiger partial charge in [0, 0.05) is 13.0 Å². The highest BCUT2D eigenvalue weighted by atomic mass is 19.1. The van der Waals surface area contributed by atoms with Crippen LogP contribution in [0.3, 0.4) is 0 Å². The fourth-order valence-electron chi connectivity index (χ4n) is 1.71. The summed E-state index contributed by atoms with van der Waals surface area (Å²) in [5.41, 5.74) is 5.90. The fourth-order valence-corrected chi connectivity index (χ4v) is 1.71. The molecule has 0 aliphatic carbocycles. The van der Waals surface area contributed by atoms with Gasteiger partial charge in [0.05, 0.1) is 11.4 Å². The number of carbonyl (C=O) groups excluding carboxylic acids is 2. The summed E-state index contributed by atoms with van der Waals surface area (Å²) in [4.78, 5) is 26.1. The van der Waals surface area contributed by atoms with E-state index in [-0.39, 0.29) is 24.6 Å². The molecular weight excluding hydrogens is 239 g/mol. The van der Waals surface area contributed by atoms with Gasteiger partial charge >= 0.3 is 0 Å². The molecule has 2 heterocycles. The molecule has 1 aliphatic rings. The zero-order chi connectivity index (χ0) is 13.1. The minimum absolute atomic E-state index is 0.127. The lowest BCUT2D eigenvalue weighted by Gasteiger charge is -2.22. The molecule has 0 spiro atoms. The van der Waals surface area contributed by atoms with E-state index in [0.717, 1.165) is 0 Å². The van der Waals surface area contributed by atoms with E-state index in [9.17, 15) is 14.0 Å². The summed E-state index contributed by atoms with van der Waals surface area (Å²) >= 11 is 0. The molecule has 0 radical (unpaired) electrons. The van der Waals surface area contributed by atoms with Gasteiger partial charge in [0.15, 0.2) is 0 Å². The molecule has 1 aromatic heterocycles. The van der Waals surface area contributed by atoms with Gasteiger partial charge in [-0.25, -0.2) is 4.98 Å². The Morgan fingerprint density at radius 1 is 1.50 bits per heavy atom. The molecule has 1 unspecified atom stereocenters. The Bertz CT molecular complexity index is 492. The molecular formula is C11H13FN4O2. The molecule has 96 valence electrons. The van der Waals surface area contributed by atoms with Crippen LogP contribution >= 0.6 is 0 Å². The lowest BCUT2D eigenvalue weighted by Crippen LogP contribution is -2.47. The van der Waals surface area contributed by atoms with Gasteiger partial charge in [-0.1, -0.05) is 0 Å². The van der Waals surface area contributed by atoms with Crippen LogP contribution in [0, 0.1) is 5.95 Å². The van der Waals surface area contributed by atoms with Crippen molar-refractivity contribution in [3.63, 3.8) is 0 Å². The number of anilines is 1. The summed E-state index contributed by atoms with van der Waals surface area (Å²) in [5, 5.41) is 4.92. The van der Waals surface area contributed by atoms with Crippen LogP contribution in [-0.2, 0) is 16.1 Å². The maximum Gasteiger partial charge on any atom is 0.249 e. The van der Waals surface area contributed by atoms with Gasteiger partial charge in [-0.3, -0.25) is 14.9 Å². The van der Waals surface area contributed by atoms with Crippen molar-refractivity contribution in [2.75, 3.05) is 5.32 Å². The van der Waals surface area contributed by atoms with Crippen LogP contribution in [0.1, 0.15) is 18.5 Å². The van der Waals surface area contributed by atoms with Crippen LogP contribution in [0.4, 0.5) is 10.1 Å². The molecule has 2 amide bonds. The highest BCUT2D eigenvalue weighted by Gasteiger charge is 2.27. The average molecular weight is 252 g/mol. The van der Waals surface area contributed by atoms with E-state index in [4.69, 9.17) is 5.73 Å². The van der Waals surface area contributed by atoms with E-state index in [1.807, 2.05) is 0 Å². The van der Waals surface area contributed by atoms with Gasteiger partial charge in [-0.15, -0.1) is 0 Å². The third-order valence-electron chi connectivity index (χ3n) is 2.68. The van der Waals surface area contributed by atoms with Gasteiger partial charge in [0.2, 0.25) is 17.8 Å². The highest BCUT2D eigenvalue weighted by Crippen LogP contribution is 2.16. The van der Waals surface area contributed by atoms with Crippen molar-refractivity contribution in [1.29, 1.82) is 0 Å². The normalized spacial score (nSPS) is 19.6. The van der Waals surface area contributed by atoms with Crippen molar-refractivity contribution in [3.8, 4) is 0 Å². The Kier molecular flexibility index (Phi) is 3.52. The van der Waals surface area contributed by atoms with E-state index in [1.54, 1.807) is 6.07 Å². The summed E-state index contributed by atoms with van der Waals surface area (Å²) in [5.74, 6) is -1.47. The van der Waals surface area contributed by atoms with Crippen molar-refractivity contribution in [2.45, 2.75) is 25.4 Å². The number of nitrogens with two attached hydrogens (primary N) is 1. The Morgan fingerprint density at radius 3 is 2.89 bits per heavy atom. The van der Waals surface area contributed by atoms with Crippen molar-refractivity contribution in [2.24, 2.45) is 5.73 Å². The summed E-state index contributed by atoms with van der Waals surface area (Å²) < 4.78 is 13.6. The largest absolute Gasteiger partial charge is 0.370 e. The first-order valence-electron chi connectivity index (χ1n) is 5.56. The number of pyridine rings is 1. The quantitative estimate of drug-likeness (QED) is 0.515. The molecule has 1 fully saturated rings. The summed E-state index contributed by atoms with van der Waals surface area (Å²) in [6, 6.07) is 2.44. The Balaban J connectivity index is 2.09. The third-order valence-corrected chi connectivity index (χ3v) is 2.68. The third kappa shape index (κ3) is 2.62. The van der Waals surface area contributed by atoms with Crippen LogP contribution in [0.5, 0.6) is 0 Å². The van der Waals surface area contributed by atoms with E-state index in [0.29, 0.717) is 12.1 Å². The molecule has 7 heteroatoms. The van der Waals surface area contributed by atoms with Gasteiger partial charge in [0.25, 0.3) is 0 Å². The molecule has 1 aliphatic heterocycles. The predicted molar refractivity (Wildman–Crippen MR) is 61.9 cm³/mol. The monoisotopic (exact) mass is 252 g/mol. The number of hydrogen-bond donors (Lipinski definition) is 3. The van der Waals surface area contributed by atoms with E-state index >= 15 is 0 Å². The smallest absolute Gasteiger partial charge is 0.249 e. The lowest BCUT2D eigenvalue weighted by atomic mass is 10.1. The fraction of sp³-hybridized carbons (Fsp3) is 0.364. The number of aromatic nitrogens is 1. The number of piperidine rings is 1. The number of hydrogen-bond acceptors (Lipinski definition) is 5. The molecule has 0 saturated carbocycles. The minimum atomic E-state index is -0.706. The maximum atomic E-state index is 13.6. The van der Waals surface area contributed by atoms with E-state index < -0.39 is 17.9 Å². The molecule has 1 aromatic rings. The second-order valence-electron chi connectivity index (χ2n) is 3.99. The molecule has 0 aromatic carbocycles. The topological polar surface area (TPSA) is 97.1 Å². The molecule has 18 heavy (non-hydrogen) atoms. The number of imide groups is 1. The van der Waals surface area contributed by atoms with E-state index in [2.05, 4.69) is 15.6 Å². The maximum absolute atomic E-state index is 13.6. The number of carbonyl (C=O) groups is 2. The molecule has 0 bridgehead atoms. The predicted octanol–water partition coefficient (Wildman–Crippen LogP) is -0.104. The summed E-state index contributed by atoms with van der Waals surface area (Å²) in [6.45, 7) is 0.148. The number of halogens is 1. The highest BCUT2D eigenvalue weighted by molar-refractivity contribution is 6.01. The lowest BCUT2D eigenvalue weighted by molar-refractivity contribution is -0.133. The minimum Gasteiger partial charge on any atom is -0.370 e. The van der Waals surface area contributed by atoms with Crippen molar-refractivity contribution in [3.05, 3.63) is 23.8 Å². The van der Waals surface area contributed by atoms with Crippen LogP contribution in [0.15, 0.2) is 12.1 Å². The van der Waals surface area contributed by atoms with Crippen LogP contribution in [0.2, 0.25) is 0 Å². The summed E-state index contributed by atoms with van der Waals surface area (Å²) in [6.07, 6.45) is 0.572. The van der Waals surface area contributed by atoms with Gasteiger partial charge in [-0.05, 0) is 18.6 Å². The first kappa shape index (κ1) is 12.4. The first-order chi connectivity index (χ1) is 8.60. The standard InChI is InChI=1S/C11H13FN4O2/c12-10-7(2-1-6(5-13)14-10)15-8-3-4-9(17)16-11(8)18/h1-2,8,15H,3-5,13H2,(H,16,17,18). The van der Waals surface area contributed by atoms with Crippen molar-refractivity contribution >= 4 is 17.5 Å². The number of amides is 2. The number of rotatable bonds is 3. The van der Waals surface area contributed by atoms with Gasteiger partial charge < -0.3 is 11.1 Å². The molecule has 6 nitrogen and oxygen atoms in total. The van der Waals surface area contributed by atoms with E-state index in [1.165, 1.54) is 6.07 Å². The summed E-state index contributed by atoms with van der Waals surface area (Å²) in [7, 11) is 0. The zero-order valence-corrected chi connectivity index (χ0v) is 9.57. The van der Waals surface area contributed by atoms with Gasteiger partial charge in [0.1, 0.15) is 6.04 Å². The van der Waals surface area contributed by atoms with Crippen LogP contribution in [-0.4, -0.2) is 22.8 Å². The number of nitrogens with zero attached hydrogens (tertiary/aromatic N) is 1. The Labute approximate surface area is 103 Å². The van der Waals surface area contributed by atoms with Crippen molar-refractivity contribution < 1.29 is 14.0 Å². The second-order valence-corrected chi connectivity index (χ2v) is 3.99. The van der Waals surface area contributed by atoms with Gasteiger partial charge in [-0.2, -0.15) is 4.39 Å². The SMILES string of the molecule is NCc1ccc(NC2CCC(=O)NC2=O)c(F)n1. The zero-order valence-electron chi connectivity index (χ0n) is 9.57. The molecule has 1 saturated heterocycles. The number of nitrogens with one attached hydrogen (secondary N) is 2. The molecule has 1 atom stereocenters.